The highest BCUT2D eigenvalue weighted by atomic mass is 32.2. The molecule has 1 atom stereocenters. The van der Waals surface area contributed by atoms with Crippen molar-refractivity contribution in [2.75, 3.05) is 11.0 Å². The standard InChI is InChI=1S/C25H29N3O3S/c1-17-10-13-22(14-11-17)28-18(2)16-21(20(28)4)12-15-25(29)26-19(3)23-8-6-7-9-24(23)27-32(5,30)31/h6-16,19,27H,1-5H3,(H,26,29)/b15-12+. The molecule has 0 fully saturated rings. The molecule has 1 heterocycles. The Hall–Kier alpha value is -3.32. The maximum Gasteiger partial charge on any atom is 0.244 e. The Morgan fingerprint density at radius 2 is 1.69 bits per heavy atom. The Morgan fingerprint density at radius 3 is 2.34 bits per heavy atom. The summed E-state index contributed by atoms with van der Waals surface area (Å²) >= 11 is 0. The van der Waals surface area contributed by atoms with Gasteiger partial charge in [0.25, 0.3) is 0 Å². The van der Waals surface area contributed by atoms with Crippen molar-refractivity contribution in [3.63, 3.8) is 0 Å². The largest absolute Gasteiger partial charge is 0.346 e. The highest BCUT2D eigenvalue weighted by molar-refractivity contribution is 7.92. The van der Waals surface area contributed by atoms with Gasteiger partial charge in [-0.05, 0) is 69.2 Å². The summed E-state index contributed by atoms with van der Waals surface area (Å²) in [5.74, 6) is -0.258. The van der Waals surface area contributed by atoms with E-state index in [0.717, 1.165) is 28.9 Å². The summed E-state index contributed by atoms with van der Waals surface area (Å²) in [4.78, 5) is 12.6. The molecule has 7 heteroatoms. The van der Waals surface area contributed by atoms with E-state index in [9.17, 15) is 13.2 Å². The van der Waals surface area contributed by atoms with Crippen LogP contribution in [0.15, 0.2) is 60.7 Å². The summed E-state index contributed by atoms with van der Waals surface area (Å²) in [6, 6.07) is 17.0. The molecule has 3 aromatic rings. The van der Waals surface area contributed by atoms with Crippen molar-refractivity contribution < 1.29 is 13.2 Å². The number of aryl methyl sites for hydroxylation is 2. The smallest absolute Gasteiger partial charge is 0.244 e. The summed E-state index contributed by atoms with van der Waals surface area (Å²) in [6.45, 7) is 7.94. The first-order valence-electron chi connectivity index (χ1n) is 10.4. The number of para-hydroxylation sites is 1. The van der Waals surface area contributed by atoms with Crippen LogP contribution in [0, 0.1) is 20.8 Å². The minimum atomic E-state index is -3.42. The lowest BCUT2D eigenvalue weighted by Crippen LogP contribution is -2.25. The van der Waals surface area contributed by atoms with Crippen molar-refractivity contribution in [1.82, 2.24) is 9.88 Å². The lowest BCUT2D eigenvalue weighted by molar-refractivity contribution is -0.117. The third kappa shape index (κ3) is 5.68. The van der Waals surface area contributed by atoms with Gasteiger partial charge in [-0.1, -0.05) is 35.9 Å². The predicted octanol–water partition coefficient (Wildman–Crippen LogP) is 4.66. The van der Waals surface area contributed by atoms with Crippen molar-refractivity contribution in [1.29, 1.82) is 0 Å². The summed E-state index contributed by atoms with van der Waals surface area (Å²) in [5.41, 5.74) is 6.52. The number of nitrogens with one attached hydrogen (secondary N) is 2. The molecule has 2 N–H and O–H groups in total. The lowest BCUT2D eigenvalue weighted by Gasteiger charge is -2.17. The molecule has 0 spiro atoms. The number of hydrogen-bond donors (Lipinski definition) is 2. The summed E-state index contributed by atoms with van der Waals surface area (Å²) in [5, 5.41) is 2.90. The third-order valence-corrected chi connectivity index (χ3v) is 5.85. The number of benzene rings is 2. The fraction of sp³-hybridized carbons (Fsp3) is 0.240. The second kappa shape index (κ2) is 9.44. The molecule has 2 aromatic carbocycles. The molecule has 0 bridgehead atoms. The summed E-state index contributed by atoms with van der Waals surface area (Å²) < 4.78 is 27.9. The van der Waals surface area contributed by atoms with Crippen LogP contribution < -0.4 is 10.0 Å². The van der Waals surface area contributed by atoms with E-state index < -0.39 is 10.0 Å². The Morgan fingerprint density at radius 1 is 1.03 bits per heavy atom. The van der Waals surface area contributed by atoms with Gasteiger partial charge in [0.15, 0.2) is 0 Å². The zero-order chi connectivity index (χ0) is 23.5. The Kier molecular flexibility index (Phi) is 6.89. The van der Waals surface area contributed by atoms with Gasteiger partial charge in [-0.2, -0.15) is 0 Å². The lowest BCUT2D eigenvalue weighted by atomic mass is 10.1. The van der Waals surface area contributed by atoms with Gasteiger partial charge in [0.2, 0.25) is 15.9 Å². The number of carbonyl (C=O) groups excluding carboxylic acids is 1. The highest BCUT2D eigenvalue weighted by Gasteiger charge is 2.14. The number of sulfonamides is 1. The normalized spacial score (nSPS) is 12.7. The third-order valence-electron chi connectivity index (χ3n) is 5.26. The quantitative estimate of drug-likeness (QED) is 0.513. The van der Waals surface area contributed by atoms with Crippen LogP contribution in [-0.2, 0) is 14.8 Å². The molecule has 1 aromatic heterocycles. The number of rotatable bonds is 7. The Bertz CT molecular complexity index is 1260. The van der Waals surface area contributed by atoms with Crippen molar-refractivity contribution in [2.24, 2.45) is 0 Å². The molecule has 1 amide bonds. The van der Waals surface area contributed by atoms with Gasteiger partial charge >= 0.3 is 0 Å². The van der Waals surface area contributed by atoms with Crippen LogP contribution in [0.3, 0.4) is 0 Å². The molecule has 168 valence electrons. The molecule has 32 heavy (non-hydrogen) atoms. The van der Waals surface area contributed by atoms with Crippen LogP contribution in [0.4, 0.5) is 5.69 Å². The average Bonchev–Trinajstić information content (AvgIpc) is 2.99. The summed E-state index contributed by atoms with van der Waals surface area (Å²) in [6.07, 6.45) is 4.41. The molecule has 0 saturated carbocycles. The van der Waals surface area contributed by atoms with Gasteiger partial charge in [0.1, 0.15) is 0 Å². The first-order valence-corrected chi connectivity index (χ1v) is 12.3. The van der Waals surface area contributed by atoms with Crippen LogP contribution in [0.25, 0.3) is 11.8 Å². The van der Waals surface area contributed by atoms with Crippen molar-refractivity contribution in [3.05, 3.63) is 88.8 Å². The van der Waals surface area contributed by atoms with Crippen molar-refractivity contribution >= 4 is 27.7 Å². The fourth-order valence-corrected chi connectivity index (χ4v) is 4.30. The first-order chi connectivity index (χ1) is 15.0. The minimum absolute atomic E-state index is 0.258. The molecular formula is C25H29N3O3S. The van der Waals surface area contributed by atoms with E-state index in [2.05, 4.69) is 45.8 Å². The average molecular weight is 452 g/mol. The molecule has 1 unspecified atom stereocenters. The van der Waals surface area contributed by atoms with Gasteiger partial charge in [-0.25, -0.2) is 8.42 Å². The van der Waals surface area contributed by atoms with Crippen molar-refractivity contribution in [2.45, 2.75) is 33.7 Å². The van der Waals surface area contributed by atoms with E-state index in [1.807, 2.05) is 26.8 Å². The number of hydrogen-bond acceptors (Lipinski definition) is 3. The second-order valence-electron chi connectivity index (χ2n) is 8.02. The molecule has 0 saturated heterocycles. The zero-order valence-electron chi connectivity index (χ0n) is 19.0. The molecule has 6 nitrogen and oxygen atoms in total. The monoisotopic (exact) mass is 451 g/mol. The molecule has 0 aliphatic carbocycles. The van der Waals surface area contributed by atoms with Gasteiger partial charge < -0.3 is 9.88 Å². The number of nitrogens with zero attached hydrogens (tertiary/aromatic N) is 1. The molecule has 0 radical (unpaired) electrons. The van der Waals surface area contributed by atoms with Crippen LogP contribution in [0.5, 0.6) is 0 Å². The van der Waals surface area contributed by atoms with E-state index in [4.69, 9.17) is 0 Å². The van der Waals surface area contributed by atoms with Crippen molar-refractivity contribution in [3.8, 4) is 5.69 Å². The number of aromatic nitrogens is 1. The van der Waals surface area contributed by atoms with E-state index in [1.54, 1.807) is 30.3 Å². The minimum Gasteiger partial charge on any atom is -0.346 e. The number of anilines is 1. The first kappa shape index (κ1) is 23.3. The highest BCUT2D eigenvalue weighted by Crippen LogP contribution is 2.24. The number of amides is 1. The SMILES string of the molecule is Cc1ccc(-n2c(C)cc(/C=C/C(=O)NC(C)c3ccccc3NS(C)(=O)=O)c2C)cc1. The van der Waals surface area contributed by atoms with E-state index in [0.29, 0.717) is 11.3 Å². The molecule has 0 aliphatic rings. The molecule has 3 rings (SSSR count). The van der Waals surface area contributed by atoms with Crippen LogP contribution >= 0.6 is 0 Å². The predicted molar refractivity (Wildman–Crippen MR) is 130 cm³/mol. The second-order valence-corrected chi connectivity index (χ2v) is 9.77. The van der Waals surface area contributed by atoms with Crippen LogP contribution in [-0.4, -0.2) is 25.1 Å². The van der Waals surface area contributed by atoms with E-state index in [1.165, 1.54) is 11.6 Å². The topological polar surface area (TPSA) is 80.2 Å². The molecular weight excluding hydrogens is 422 g/mol. The maximum absolute atomic E-state index is 12.6. The molecule has 0 aliphatic heterocycles. The fourth-order valence-electron chi connectivity index (χ4n) is 3.72. The maximum atomic E-state index is 12.6. The van der Waals surface area contributed by atoms with Crippen LogP contribution in [0.1, 0.15) is 41.0 Å². The van der Waals surface area contributed by atoms with E-state index >= 15 is 0 Å². The van der Waals surface area contributed by atoms with Gasteiger partial charge in [-0.3, -0.25) is 9.52 Å². The van der Waals surface area contributed by atoms with Gasteiger partial charge in [-0.15, -0.1) is 0 Å². The van der Waals surface area contributed by atoms with E-state index in [-0.39, 0.29) is 11.9 Å². The van der Waals surface area contributed by atoms with Gasteiger partial charge in [0, 0.05) is 23.2 Å². The zero-order valence-corrected chi connectivity index (χ0v) is 19.8. The van der Waals surface area contributed by atoms with Gasteiger partial charge in [0.05, 0.1) is 18.0 Å². The Labute approximate surface area is 190 Å². The number of carbonyl (C=O) groups is 1. The Balaban J connectivity index is 1.76. The van der Waals surface area contributed by atoms with Crippen LogP contribution in [0.2, 0.25) is 0 Å². The summed E-state index contributed by atoms with van der Waals surface area (Å²) in [7, 11) is -3.42.